The Balaban J connectivity index is 2.84. The normalized spacial score (nSPS) is 14.2. The monoisotopic (exact) mass is 284 g/mol. The highest BCUT2D eigenvalue weighted by atomic mass is 32.2. The lowest BCUT2D eigenvalue weighted by Crippen LogP contribution is -2.33. The molecular weight excluding hydrogens is 260 g/mol. The molecule has 1 rings (SSSR count). The summed E-state index contributed by atoms with van der Waals surface area (Å²) in [4.78, 5) is 0. The van der Waals surface area contributed by atoms with Gasteiger partial charge in [0.15, 0.2) is 0 Å². The number of rotatable bonds is 5. The van der Waals surface area contributed by atoms with E-state index >= 15 is 0 Å². The minimum atomic E-state index is -3.36. The number of sulfonamides is 1. The first kappa shape index (κ1) is 16.0. The van der Waals surface area contributed by atoms with Gasteiger partial charge in [0.2, 0.25) is 10.0 Å². The molecule has 1 aromatic carbocycles. The first-order valence-electron chi connectivity index (χ1n) is 6.53. The standard InChI is InChI=1S/C14H24N2O2S/c1-6-15-11(2)12-7-9-13(10-8-12)16-19(17,18)14(3,4)5/h7-11,15-16H,6H2,1-5H3. The van der Waals surface area contributed by atoms with Gasteiger partial charge in [0.25, 0.3) is 0 Å². The van der Waals surface area contributed by atoms with Crippen molar-refractivity contribution >= 4 is 15.7 Å². The van der Waals surface area contributed by atoms with Crippen molar-refractivity contribution in [1.82, 2.24) is 5.32 Å². The van der Waals surface area contributed by atoms with Crippen LogP contribution in [0.1, 0.15) is 46.2 Å². The Labute approximate surface area is 116 Å². The highest BCUT2D eigenvalue weighted by Crippen LogP contribution is 2.21. The third-order valence-corrected chi connectivity index (χ3v) is 5.10. The Morgan fingerprint density at radius 2 is 1.68 bits per heavy atom. The number of anilines is 1. The number of nitrogens with one attached hydrogen (secondary N) is 2. The predicted molar refractivity (Wildman–Crippen MR) is 80.8 cm³/mol. The third kappa shape index (κ3) is 4.21. The molecule has 1 aromatic rings. The van der Waals surface area contributed by atoms with Crippen molar-refractivity contribution < 1.29 is 8.42 Å². The second-order valence-electron chi connectivity index (χ2n) is 5.62. The van der Waals surface area contributed by atoms with Gasteiger partial charge < -0.3 is 5.32 Å². The summed E-state index contributed by atoms with van der Waals surface area (Å²) in [6, 6.07) is 7.74. The number of hydrogen-bond donors (Lipinski definition) is 2. The SMILES string of the molecule is CCNC(C)c1ccc(NS(=O)(=O)C(C)(C)C)cc1. The lowest BCUT2D eigenvalue weighted by Gasteiger charge is -2.21. The van der Waals surface area contributed by atoms with E-state index in [-0.39, 0.29) is 6.04 Å². The lowest BCUT2D eigenvalue weighted by molar-refractivity contribution is 0.566. The van der Waals surface area contributed by atoms with Gasteiger partial charge in [-0.25, -0.2) is 8.42 Å². The molecule has 0 aromatic heterocycles. The van der Waals surface area contributed by atoms with Crippen molar-refractivity contribution in [2.75, 3.05) is 11.3 Å². The van der Waals surface area contributed by atoms with Crippen LogP contribution in [-0.2, 0) is 10.0 Å². The molecule has 19 heavy (non-hydrogen) atoms. The molecule has 2 N–H and O–H groups in total. The van der Waals surface area contributed by atoms with Gasteiger partial charge in [-0.2, -0.15) is 0 Å². The van der Waals surface area contributed by atoms with E-state index in [0.717, 1.165) is 12.1 Å². The number of benzene rings is 1. The van der Waals surface area contributed by atoms with E-state index in [2.05, 4.69) is 23.9 Å². The molecular formula is C14H24N2O2S. The van der Waals surface area contributed by atoms with Crippen molar-refractivity contribution in [2.45, 2.75) is 45.4 Å². The first-order chi connectivity index (χ1) is 8.67. The third-order valence-electron chi connectivity index (χ3n) is 2.98. The summed E-state index contributed by atoms with van der Waals surface area (Å²) < 4.78 is 25.8. The van der Waals surface area contributed by atoms with Gasteiger partial charge >= 0.3 is 0 Å². The van der Waals surface area contributed by atoms with Gasteiger partial charge in [-0.1, -0.05) is 19.1 Å². The van der Waals surface area contributed by atoms with Gasteiger partial charge in [0.05, 0.1) is 4.75 Å². The molecule has 0 aliphatic rings. The largest absolute Gasteiger partial charge is 0.310 e. The molecule has 108 valence electrons. The van der Waals surface area contributed by atoms with Gasteiger partial charge in [-0.3, -0.25) is 4.72 Å². The molecule has 0 heterocycles. The quantitative estimate of drug-likeness (QED) is 0.874. The van der Waals surface area contributed by atoms with Crippen LogP contribution >= 0.6 is 0 Å². The molecule has 0 radical (unpaired) electrons. The minimum Gasteiger partial charge on any atom is -0.310 e. The van der Waals surface area contributed by atoms with Crippen LogP contribution in [0.15, 0.2) is 24.3 Å². The fourth-order valence-corrected chi connectivity index (χ4v) is 2.32. The molecule has 0 saturated carbocycles. The Hall–Kier alpha value is -1.07. The summed E-state index contributed by atoms with van der Waals surface area (Å²) in [7, 11) is -3.36. The van der Waals surface area contributed by atoms with E-state index in [9.17, 15) is 8.42 Å². The molecule has 5 heteroatoms. The van der Waals surface area contributed by atoms with E-state index in [0.29, 0.717) is 5.69 Å². The van der Waals surface area contributed by atoms with Crippen LogP contribution < -0.4 is 10.0 Å². The average molecular weight is 284 g/mol. The molecule has 1 atom stereocenters. The lowest BCUT2D eigenvalue weighted by atomic mass is 10.1. The molecule has 0 aliphatic heterocycles. The molecule has 0 bridgehead atoms. The molecule has 0 spiro atoms. The summed E-state index contributed by atoms with van der Waals surface area (Å²) >= 11 is 0. The van der Waals surface area contributed by atoms with Gasteiger partial charge in [-0.05, 0) is 51.9 Å². The van der Waals surface area contributed by atoms with Crippen LogP contribution in [0.25, 0.3) is 0 Å². The molecule has 4 nitrogen and oxygen atoms in total. The highest BCUT2D eigenvalue weighted by Gasteiger charge is 2.28. The zero-order valence-corrected chi connectivity index (χ0v) is 13.1. The van der Waals surface area contributed by atoms with E-state index in [1.54, 1.807) is 32.9 Å². The second kappa shape index (κ2) is 5.92. The van der Waals surface area contributed by atoms with Crippen LogP contribution in [0.2, 0.25) is 0 Å². The topological polar surface area (TPSA) is 58.2 Å². The summed E-state index contributed by atoms with van der Waals surface area (Å²) in [5.41, 5.74) is 1.74. The smallest absolute Gasteiger partial charge is 0.237 e. The number of hydrogen-bond acceptors (Lipinski definition) is 3. The highest BCUT2D eigenvalue weighted by molar-refractivity contribution is 7.94. The van der Waals surface area contributed by atoms with E-state index in [1.807, 2.05) is 12.1 Å². The zero-order chi connectivity index (χ0) is 14.7. The van der Waals surface area contributed by atoms with Crippen LogP contribution in [0, 0.1) is 0 Å². The van der Waals surface area contributed by atoms with Crippen LogP contribution in [0.3, 0.4) is 0 Å². The van der Waals surface area contributed by atoms with Crippen LogP contribution in [0.5, 0.6) is 0 Å². The van der Waals surface area contributed by atoms with Gasteiger partial charge in [-0.15, -0.1) is 0 Å². The molecule has 0 amide bonds. The minimum absolute atomic E-state index is 0.262. The summed E-state index contributed by atoms with van der Waals surface area (Å²) in [5, 5.41) is 3.32. The fraction of sp³-hybridized carbons (Fsp3) is 0.571. The predicted octanol–water partition coefficient (Wildman–Crippen LogP) is 2.90. The fourth-order valence-electron chi connectivity index (χ4n) is 1.57. The van der Waals surface area contributed by atoms with E-state index in [1.165, 1.54) is 0 Å². The van der Waals surface area contributed by atoms with Crippen molar-refractivity contribution in [3.05, 3.63) is 29.8 Å². The van der Waals surface area contributed by atoms with Crippen molar-refractivity contribution in [3.8, 4) is 0 Å². The maximum Gasteiger partial charge on any atom is 0.237 e. The summed E-state index contributed by atoms with van der Waals surface area (Å²) in [6.45, 7) is 10.1. The van der Waals surface area contributed by atoms with E-state index < -0.39 is 14.8 Å². The van der Waals surface area contributed by atoms with Crippen molar-refractivity contribution in [2.24, 2.45) is 0 Å². The van der Waals surface area contributed by atoms with Crippen LogP contribution in [0.4, 0.5) is 5.69 Å². The Kier molecular flexibility index (Phi) is 4.98. The molecule has 0 aliphatic carbocycles. The maximum absolute atomic E-state index is 12.0. The van der Waals surface area contributed by atoms with Crippen molar-refractivity contribution in [1.29, 1.82) is 0 Å². The summed E-state index contributed by atoms with van der Waals surface area (Å²) in [6.07, 6.45) is 0. The van der Waals surface area contributed by atoms with Gasteiger partial charge in [0, 0.05) is 11.7 Å². The Bertz CT molecular complexity index is 501. The summed E-state index contributed by atoms with van der Waals surface area (Å²) in [5.74, 6) is 0. The van der Waals surface area contributed by atoms with Crippen LogP contribution in [-0.4, -0.2) is 19.7 Å². The van der Waals surface area contributed by atoms with Crippen molar-refractivity contribution in [3.63, 3.8) is 0 Å². The Morgan fingerprint density at radius 3 is 2.11 bits per heavy atom. The molecule has 0 fully saturated rings. The van der Waals surface area contributed by atoms with E-state index in [4.69, 9.17) is 0 Å². The second-order valence-corrected chi connectivity index (χ2v) is 8.05. The zero-order valence-electron chi connectivity index (χ0n) is 12.3. The molecule has 0 saturated heterocycles. The average Bonchev–Trinajstić information content (AvgIpc) is 2.28. The Morgan fingerprint density at radius 1 is 1.16 bits per heavy atom. The van der Waals surface area contributed by atoms with Gasteiger partial charge in [0.1, 0.15) is 0 Å². The maximum atomic E-state index is 12.0. The first-order valence-corrected chi connectivity index (χ1v) is 8.01. The molecule has 1 unspecified atom stereocenters.